The third-order valence-electron chi connectivity index (χ3n) is 5.16. The van der Waals surface area contributed by atoms with Crippen molar-refractivity contribution < 1.29 is 4.42 Å². The molecule has 1 fully saturated rings. The van der Waals surface area contributed by atoms with Crippen LogP contribution in [0.15, 0.2) is 45.3 Å². The molecule has 0 unspecified atom stereocenters. The van der Waals surface area contributed by atoms with E-state index in [0.717, 1.165) is 37.8 Å². The van der Waals surface area contributed by atoms with Crippen molar-refractivity contribution in [2.75, 3.05) is 33.7 Å². The molecule has 1 aliphatic rings. The first kappa shape index (κ1) is 23.2. The summed E-state index contributed by atoms with van der Waals surface area (Å²) in [5.74, 6) is 1.90. The molecule has 156 valence electrons. The minimum atomic E-state index is 0. The summed E-state index contributed by atoms with van der Waals surface area (Å²) in [6, 6.07) is 8.17. The summed E-state index contributed by atoms with van der Waals surface area (Å²) in [6.07, 6.45) is 7.85. The van der Waals surface area contributed by atoms with Crippen LogP contribution in [0, 0.1) is 5.41 Å². The summed E-state index contributed by atoms with van der Waals surface area (Å²) in [4.78, 5) is 8.42. The van der Waals surface area contributed by atoms with Crippen LogP contribution >= 0.6 is 35.3 Å². The van der Waals surface area contributed by atoms with Gasteiger partial charge in [-0.25, -0.2) is 4.99 Å². The Morgan fingerprint density at radius 3 is 2.68 bits per heavy atom. The largest absolute Gasteiger partial charge is 0.469 e. The molecule has 2 aromatic heterocycles. The standard InChI is InChI=1S/C21H32N4OS.HI/c1-25(2)17-21(10-3-4-11-21)16-24-20(23-15-19-8-6-14-27-19)22-12-9-18-7-5-13-26-18;/h5-8,13-14H,3-4,9-12,15-17H2,1-2H3,(H2,22,23,24);1H. The van der Waals surface area contributed by atoms with Crippen LogP contribution in [0.25, 0.3) is 0 Å². The Morgan fingerprint density at radius 2 is 2.04 bits per heavy atom. The second-order valence-corrected chi connectivity index (χ2v) is 8.83. The van der Waals surface area contributed by atoms with Crippen LogP contribution in [-0.2, 0) is 13.0 Å². The fourth-order valence-corrected chi connectivity index (χ4v) is 4.58. The Bertz CT molecular complexity index is 679. The molecule has 1 saturated carbocycles. The number of thiophene rings is 1. The predicted octanol–water partition coefficient (Wildman–Crippen LogP) is 4.36. The number of halogens is 1. The van der Waals surface area contributed by atoms with E-state index in [1.54, 1.807) is 17.6 Å². The Labute approximate surface area is 190 Å². The fraction of sp³-hybridized carbons (Fsp3) is 0.571. The first-order valence-corrected chi connectivity index (χ1v) is 10.7. The van der Waals surface area contributed by atoms with Gasteiger partial charge in [-0.2, -0.15) is 0 Å². The van der Waals surface area contributed by atoms with Crippen LogP contribution in [-0.4, -0.2) is 44.6 Å². The van der Waals surface area contributed by atoms with Crippen molar-refractivity contribution in [3.05, 3.63) is 46.5 Å². The van der Waals surface area contributed by atoms with Gasteiger partial charge in [0.1, 0.15) is 5.76 Å². The zero-order valence-electron chi connectivity index (χ0n) is 16.9. The highest BCUT2D eigenvalue weighted by molar-refractivity contribution is 14.0. The van der Waals surface area contributed by atoms with E-state index in [4.69, 9.17) is 9.41 Å². The molecule has 0 radical (unpaired) electrons. The molecule has 2 N–H and O–H groups in total. The summed E-state index contributed by atoms with van der Waals surface area (Å²) < 4.78 is 5.43. The molecular weight excluding hydrogens is 483 g/mol. The van der Waals surface area contributed by atoms with E-state index in [1.807, 2.05) is 12.1 Å². The lowest BCUT2D eigenvalue weighted by molar-refractivity contribution is 0.202. The van der Waals surface area contributed by atoms with Gasteiger partial charge in [0.25, 0.3) is 0 Å². The molecule has 0 spiro atoms. The second kappa shape index (κ2) is 11.8. The molecule has 28 heavy (non-hydrogen) atoms. The molecule has 2 heterocycles. The Balaban J connectivity index is 0.00000280. The molecule has 0 bridgehead atoms. The number of rotatable bonds is 9. The first-order chi connectivity index (χ1) is 13.2. The van der Waals surface area contributed by atoms with E-state index < -0.39 is 0 Å². The molecule has 7 heteroatoms. The van der Waals surface area contributed by atoms with Gasteiger partial charge in [-0.05, 0) is 50.5 Å². The summed E-state index contributed by atoms with van der Waals surface area (Å²) >= 11 is 1.75. The maximum atomic E-state index is 5.43. The van der Waals surface area contributed by atoms with Gasteiger partial charge in [-0.3, -0.25) is 0 Å². The number of nitrogens with one attached hydrogen (secondary N) is 2. The van der Waals surface area contributed by atoms with Crippen LogP contribution in [0.2, 0.25) is 0 Å². The molecular formula is C21H33IN4OS. The quantitative estimate of drug-likeness (QED) is 0.296. The van der Waals surface area contributed by atoms with E-state index in [1.165, 1.54) is 30.6 Å². The molecule has 5 nitrogen and oxygen atoms in total. The zero-order valence-corrected chi connectivity index (χ0v) is 20.1. The highest BCUT2D eigenvalue weighted by atomic mass is 127. The smallest absolute Gasteiger partial charge is 0.191 e. The lowest BCUT2D eigenvalue weighted by Gasteiger charge is -2.33. The topological polar surface area (TPSA) is 52.8 Å². The zero-order chi connectivity index (χ0) is 19.0. The Kier molecular flexibility index (Phi) is 9.81. The predicted molar refractivity (Wildman–Crippen MR) is 129 cm³/mol. The first-order valence-electron chi connectivity index (χ1n) is 9.87. The normalized spacial score (nSPS) is 16.2. The van der Waals surface area contributed by atoms with Crippen molar-refractivity contribution >= 4 is 41.3 Å². The van der Waals surface area contributed by atoms with Crippen LogP contribution in [0.5, 0.6) is 0 Å². The van der Waals surface area contributed by atoms with Crippen molar-refractivity contribution in [2.45, 2.75) is 38.6 Å². The van der Waals surface area contributed by atoms with Gasteiger partial charge in [0.05, 0.1) is 12.8 Å². The highest BCUT2D eigenvalue weighted by Gasteiger charge is 2.34. The van der Waals surface area contributed by atoms with Crippen LogP contribution in [0.3, 0.4) is 0 Å². The number of hydrogen-bond donors (Lipinski definition) is 2. The van der Waals surface area contributed by atoms with Gasteiger partial charge in [0.15, 0.2) is 5.96 Å². The number of guanidine groups is 1. The van der Waals surface area contributed by atoms with Crippen molar-refractivity contribution in [3.8, 4) is 0 Å². The van der Waals surface area contributed by atoms with Gasteiger partial charge < -0.3 is 20.0 Å². The Hall–Kier alpha value is -1.06. The Morgan fingerprint density at radius 1 is 1.21 bits per heavy atom. The monoisotopic (exact) mass is 516 g/mol. The average Bonchev–Trinajstić information content (AvgIpc) is 3.39. The van der Waals surface area contributed by atoms with Crippen molar-refractivity contribution in [1.82, 2.24) is 15.5 Å². The van der Waals surface area contributed by atoms with E-state index >= 15 is 0 Å². The number of hydrogen-bond acceptors (Lipinski definition) is 4. The minimum absolute atomic E-state index is 0. The number of furan rings is 1. The van der Waals surface area contributed by atoms with E-state index in [-0.39, 0.29) is 24.0 Å². The van der Waals surface area contributed by atoms with Gasteiger partial charge in [-0.15, -0.1) is 35.3 Å². The van der Waals surface area contributed by atoms with Crippen molar-refractivity contribution in [1.29, 1.82) is 0 Å². The third kappa shape index (κ3) is 7.40. The SMILES string of the molecule is CN(C)CC1(CNC(=NCc2cccs2)NCCc2ccco2)CCCC1.I. The van der Waals surface area contributed by atoms with Crippen LogP contribution < -0.4 is 10.6 Å². The highest BCUT2D eigenvalue weighted by Crippen LogP contribution is 2.37. The summed E-state index contributed by atoms with van der Waals surface area (Å²) in [5, 5.41) is 9.23. The van der Waals surface area contributed by atoms with Crippen LogP contribution in [0.1, 0.15) is 36.3 Å². The molecule has 0 aliphatic heterocycles. The maximum absolute atomic E-state index is 5.43. The summed E-state index contributed by atoms with van der Waals surface area (Å²) in [6.45, 7) is 3.63. The van der Waals surface area contributed by atoms with Gasteiger partial charge in [0, 0.05) is 36.3 Å². The minimum Gasteiger partial charge on any atom is -0.469 e. The molecule has 0 saturated heterocycles. The van der Waals surface area contributed by atoms with E-state index in [0.29, 0.717) is 12.0 Å². The van der Waals surface area contributed by atoms with Gasteiger partial charge in [-0.1, -0.05) is 18.9 Å². The summed E-state index contributed by atoms with van der Waals surface area (Å²) in [7, 11) is 4.35. The summed E-state index contributed by atoms with van der Waals surface area (Å²) in [5.41, 5.74) is 0.357. The number of aliphatic imine (C=N–C) groups is 1. The molecule has 0 aromatic carbocycles. The van der Waals surface area contributed by atoms with Crippen molar-refractivity contribution in [3.63, 3.8) is 0 Å². The molecule has 2 aromatic rings. The van der Waals surface area contributed by atoms with Crippen molar-refractivity contribution in [2.24, 2.45) is 10.4 Å². The van der Waals surface area contributed by atoms with Gasteiger partial charge in [0.2, 0.25) is 0 Å². The van der Waals surface area contributed by atoms with Gasteiger partial charge >= 0.3 is 0 Å². The van der Waals surface area contributed by atoms with Crippen LogP contribution in [0.4, 0.5) is 0 Å². The molecule has 1 aliphatic carbocycles. The third-order valence-corrected chi connectivity index (χ3v) is 6.02. The van der Waals surface area contributed by atoms with E-state index in [9.17, 15) is 0 Å². The lowest BCUT2D eigenvalue weighted by atomic mass is 9.85. The lowest BCUT2D eigenvalue weighted by Crippen LogP contribution is -2.46. The van der Waals surface area contributed by atoms with E-state index in [2.05, 4.69) is 47.1 Å². The fourth-order valence-electron chi connectivity index (χ4n) is 3.95. The second-order valence-electron chi connectivity index (χ2n) is 7.80. The molecule has 0 atom stereocenters. The molecule has 3 rings (SSSR count). The number of nitrogens with zero attached hydrogens (tertiary/aromatic N) is 2. The average molecular weight is 516 g/mol. The molecule has 0 amide bonds. The maximum Gasteiger partial charge on any atom is 0.191 e.